The summed E-state index contributed by atoms with van der Waals surface area (Å²) in [5.41, 5.74) is 0.944. The van der Waals surface area contributed by atoms with Crippen LogP contribution in [0.2, 0.25) is 5.02 Å². The molecule has 0 saturated heterocycles. The number of hydrogen-bond acceptors (Lipinski definition) is 4. The van der Waals surface area contributed by atoms with Crippen molar-refractivity contribution >= 4 is 23.4 Å². The van der Waals surface area contributed by atoms with Crippen LogP contribution in [-0.2, 0) is 6.54 Å². The Morgan fingerprint density at radius 2 is 2.32 bits per heavy atom. The van der Waals surface area contributed by atoms with Gasteiger partial charge in [0.05, 0.1) is 17.8 Å². The summed E-state index contributed by atoms with van der Waals surface area (Å²) >= 11 is 5.74. The fraction of sp³-hybridized carbons (Fsp3) is 0.250. The Labute approximate surface area is 115 Å². The van der Waals surface area contributed by atoms with E-state index in [9.17, 15) is 4.79 Å². The predicted octanol–water partition coefficient (Wildman–Crippen LogP) is 2.05. The van der Waals surface area contributed by atoms with Crippen molar-refractivity contribution in [1.29, 1.82) is 0 Å². The summed E-state index contributed by atoms with van der Waals surface area (Å²) in [4.78, 5) is 14.8. The molecule has 0 amide bonds. The lowest BCUT2D eigenvalue weighted by Gasteiger charge is -2.07. The van der Waals surface area contributed by atoms with E-state index < -0.39 is 5.97 Å². The number of hydrogen-bond donors (Lipinski definition) is 2. The summed E-state index contributed by atoms with van der Waals surface area (Å²) in [6.45, 7) is 3.23. The van der Waals surface area contributed by atoms with E-state index >= 15 is 0 Å². The van der Waals surface area contributed by atoms with Crippen molar-refractivity contribution in [1.82, 2.24) is 14.8 Å². The Balaban J connectivity index is 1.96. The molecule has 0 spiro atoms. The van der Waals surface area contributed by atoms with Gasteiger partial charge in [0.1, 0.15) is 5.82 Å². The monoisotopic (exact) mass is 280 g/mol. The van der Waals surface area contributed by atoms with Crippen LogP contribution in [0.25, 0.3) is 0 Å². The van der Waals surface area contributed by atoms with Gasteiger partial charge in [-0.05, 0) is 24.6 Å². The SMILES string of the molecule is Cc1cnn(CCNc2ccc(Cl)c(C(=O)O)n2)c1. The number of aromatic carboxylic acids is 1. The lowest BCUT2D eigenvalue weighted by atomic mass is 10.3. The van der Waals surface area contributed by atoms with Gasteiger partial charge in [-0.15, -0.1) is 0 Å². The number of aromatic nitrogens is 3. The Kier molecular flexibility index (Phi) is 4.01. The molecule has 0 radical (unpaired) electrons. The summed E-state index contributed by atoms with van der Waals surface area (Å²) in [5.74, 6) is -0.665. The number of pyridine rings is 1. The number of halogens is 1. The van der Waals surface area contributed by atoms with Crippen LogP contribution in [0.15, 0.2) is 24.5 Å². The van der Waals surface area contributed by atoms with Crippen LogP contribution in [0.5, 0.6) is 0 Å². The average molecular weight is 281 g/mol. The van der Waals surface area contributed by atoms with Crippen molar-refractivity contribution in [2.24, 2.45) is 0 Å². The first-order valence-corrected chi connectivity index (χ1v) is 6.07. The largest absolute Gasteiger partial charge is 0.476 e. The maximum Gasteiger partial charge on any atom is 0.356 e. The molecule has 0 unspecified atom stereocenters. The number of anilines is 1. The molecule has 0 aromatic carbocycles. The second kappa shape index (κ2) is 5.71. The number of nitrogens with one attached hydrogen (secondary N) is 1. The molecule has 0 aliphatic carbocycles. The number of carboxylic acid groups (broad SMARTS) is 1. The minimum Gasteiger partial charge on any atom is -0.476 e. The topological polar surface area (TPSA) is 80.0 Å². The molecule has 0 bridgehead atoms. The van der Waals surface area contributed by atoms with Gasteiger partial charge in [-0.1, -0.05) is 11.6 Å². The quantitative estimate of drug-likeness (QED) is 0.876. The van der Waals surface area contributed by atoms with E-state index in [2.05, 4.69) is 15.4 Å². The molecule has 6 nitrogen and oxygen atoms in total. The fourth-order valence-corrected chi connectivity index (χ4v) is 1.76. The van der Waals surface area contributed by atoms with E-state index in [0.717, 1.165) is 5.56 Å². The number of carbonyl (C=O) groups is 1. The molecule has 2 rings (SSSR count). The van der Waals surface area contributed by atoms with E-state index in [-0.39, 0.29) is 10.7 Å². The molecule has 7 heteroatoms. The summed E-state index contributed by atoms with van der Waals surface area (Å²) in [7, 11) is 0. The zero-order valence-electron chi connectivity index (χ0n) is 10.3. The van der Waals surface area contributed by atoms with E-state index in [4.69, 9.17) is 16.7 Å². The molecule has 0 fully saturated rings. The average Bonchev–Trinajstić information content (AvgIpc) is 2.77. The van der Waals surface area contributed by atoms with Crippen LogP contribution in [-0.4, -0.2) is 32.4 Å². The number of aryl methyl sites for hydroxylation is 1. The van der Waals surface area contributed by atoms with Gasteiger partial charge < -0.3 is 10.4 Å². The highest BCUT2D eigenvalue weighted by atomic mass is 35.5. The highest BCUT2D eigenvalue weighted by Gasteiger charge is 2.11. The van der Waals surface area contributed by atoms with Crippen molar-refractivity contribution in [3.05, 3.63) is 40.8 Å². The first-order valence-electron chi connectivity index (χ1n) is 5.69. The maximum atomic E-state index is 10.9. The first kappa shape index (κ1) is 13.4. The summed E-state index contributed by atoms with van der Waals surface area (Å²) in [6, 6.07) is 3.15. The Bertz CT molecular complexity index is 597. The van der Waals surface area contributed by atoms with Gasteiger partial charge in [0.25, 0.3) is 0 Å². The Morgan fingerprint density at radius 3 is 2.95 bits per heavy atom. The van der Waals surface area contributed by atoms with Gasteiger partial charge in [-0.2, -0.15) is 5.10 Å². The lowest BCUT2D eigenvalue weighted by molar-refractivity contribution is 0.0691. The molecule has 2 aromatic heterocycles. The fourth-order valence-electron chi connectivity index (χ4n) is 1.58. The predicted molar refractivity (Wildman–Crippen MR) is 71.7 cm³/mol. The highest BCUT2D eigenvalue weighted by molar-refractivity contribution is 6.33. The van der Waals surface area contributed by atoms with E-state index in [0.29, 0.717) is 18.9 Å². The minimum atomic E-state index is -1.14. The van der Waals surface area contributed by atoms with Gasteiger partial charge in [0.15, 0.2) is 5.69 Å². The van der Waals surface area contributed by atoms with Crippen molar-refractivity contribution in [2.45, 2.75) is 13.5 Å². The lowest BCUT2D eigenvalue weighted by Crippen LogP contribution is -2.13. The molecule has 19 heavy (non-hydrogen) atoms. The normalized spacial score (nSPS) is 10.4. The molecule has 0 atom stereocenters. The molecular weight excluding hydrogens is 268 g/mol. The molecule has 2 heterocycles. The van der Waals surface area contributed by atoms with Crippen molar-refractivity contribution in [3.63, 3.8) is 0 Å². The smallest absolute Gasteiger partial charge is 0.356 e. The second-order valence-corrected chi connectivity index (χ2v) is 4.45. The Hall–Kier alpha value is -2.08. The van der Waals surface area contributed by atoms with Crippen molar-refractivity contribution in [3.8, 4) is 0 Å². The number of nitrogens with zero attached hydrogens (tertiary/aromatic N) is 3. The summed E-state index contributed by atoms with van der Waals surface area (Å²) in [5, 5.41) is 16.2. The van der Waals surface area contributed by atoms with E-state index in [1.807, 2.05) is 13.1 Å². The number of carboxylic acids is 1. The van der Waals surface area contributed by atoms with Crippen LogP contribution in [0.1, 0.15) is 16.1 Å². The third-order valence-electron chi connectivity index (χ3n) is 2.46. The minimum absolute atomic E-state index is 0.126. The molecule has 2 N–H and O–H groups in total. The maximum absolute atomic E-state index is 10.9. The van der Waals surface area contributed by atoms with Crippen LogP contribution in [0, 0.1) is 6.92 Å². The van der Waals surface area contributed by atoms with Gasteiger partial charge in [0.2, 0.25) is 0 Å². The summed E-state index contributed by atoms with van der Waals surface area (Å²) in [6.07, 6.45) is 3.71. The first-order chi connectivity index (χ1) is 9.06. The van der Waals surface area contributed by atoms with Crippen LogP contribution >= 0.6 is 11.6 Å². The molecule has 100 valence electrons. The van der Waals surface area contributed by atoms with Crippen LogP contribution in [0.3, 0.4) is 0 Å². The van der Waals surface area contributed by atoms with E-state index in [1.54, 1.807) is 16.9 Å². The van der Waals surface area contributed by atoms with Crippen molar-refractivity contribution in [2.75, 3.05) is 11.9 Å². The zero-order valence-corrected chi connectivity index (χ0v) is 11.1. The summed E-state index contributed by atoms with van der Waals surface area (Å²) < 4.78 is 1.80. The van der Waals surface area contributed by atoms with Gasteiger partial charge >= 0.3 is 5.97 Å². The standard InChI is InChI=1S/C12H13ClN4O2/c1-8-6-15-17(7-8)5-4-14-10-3-2-9(13)11(16-10)12(18)19/h2-3,6-7H,4-5H2,1H3,(H,14,16)(H,18,19). The molecule has 0 aliphatic heterocycles. The van der Waals surface area contributed by atoms with Gasteiger partial charge in [-0.25, -0.2) is 9.78 Å². The van der Waals surface area contributed by atoms with Gasteiger partial charge in [-0.3, -0.25) is 4.68 Å². The third kappa shape index (κ3) is 3.45. The van der Waals surface area contributed by atoms with Gasteiger partial charge in [0, 0.05) is 12.7 Å². The molecule has 2 aromatic rings. The Morgan fingerprint density at radius 1 is 1.53 bits per heavy atom. The number of rotatable bonds is 5. The van der Waals surface area contributed by atoms with Crippen LogP contribution < -0.4 is 5.32 Å². The molecule has 0 saturated carbocycles. The molecular formula is C12H13ClN4O2. The van der Waals surface area contributed by atoms with E-state index in [1.165, 1.54) is 6.07 Å². The highest BCUT2D eigenvalue weighted by Crippen LogP contribution is 2.16. The second-order valence-electron chi connectivity index (χ2n) is 4.04. The molecule has 0 aliphatic rings. The third-order valence-corrected chi connectivity index (χ3v) is 2.76. The van der Waals surface area contributed by atoms with Crippen LogP contribution in [0.4, 0.5) is 5.82 Å². The van der Waals surface area contributed by atoms with Crippen molar-refractivity contribution < 1.29 is 9.90 Å². The zero-order chi connectivity index (χ0) is 13.8.